The molecule has 0 aliphatic carbocycles. The van der Waals surface area contributed by atoms with Crippen molar-refractivity contribution < 1.29 is 28.7 Å². The number of carbonyl (C=O) groups excluding carboxylic acids is 5. The zero-order chi connectivity index (χ0) is 22.7. The van der Waals surface area contributed by atoms with E-state index in [4.69, 9.17) is 4.74 Å². The van der Waals surface area contributed by atoms with Crippen LogP contribution in [-0.4, -0.2) is 47.0 Å². The van der Waals surface area contributed by atoms with Crippen LogP contribution in [0, 0.1) is 5.92 Å². The highest BCUT2D eigenvalue weighted by atomic mass is 16.5. The lowest BCUT2D eigenvalue weighted by Gasteiger charge is -2.27. The van der Waals surface area contributed by atoms with Crippen molar-refractivity contribution in [3.63, 3.8) is 0 Å². The minimum atomic E-state index is -1.16. The van der Waals surface area contributed by atoms with Gasteiger partial charge >= 0.3 is 5.97 Å². The second-order valence-electron chi connectivity index (χ2n) is 7.50. The molecule has 1 atom stereocenters. The van der Waals surface area contributed by atoms with Crippen LogP contribution in [0.2, 0.25) is 0 Å². The van der Waals surface area contributed by atoms with Gasteiger partial charge in [0.1, 0.15) is 6.04 Å². The molecule has 1 aliphatic heterocycles. The predicted molar refractivity (Wildman–Crippen MR) is 112 cm³/mol. The van der Waals surface area contributed by atoms with Gasteiger partial charge in [0.05, 0.1) is 11.1 Å². The van der Waals surface area contributed by atoms with E-state index in [1.165, 1.54) is 19.1 Å². The van der Waals surface area contributed by atoms with Gasteiger partial charge in [0.25, 0.3) is 17.7 Å². The Kier molecular flexibility index (Phi) is 6.29. The highest BCUT2D eigenvalue weighted by molar-refractivity contribution is 6.22. The summed E-state index contributed by atoms with van der Waals surface area (Å²) in [6.07, 6.45) is 0. The average molecular weight is 422 g/mol. The fourth-order valence-corrected chi connectivity index (χ4v) is 3.34. The normalized spacial score (nSPS) is 13.7. The van der Waals surface area contributed by atoms with E-state index < -0.39 is 42.3 Å². The van der Waals surface area contributed by atoms with Gasteiger partial charge in [-0.05, 0) is 49.2 Å². The zero-order valence-electron chi connectivity index (χ0n) is 17.4. The Morgan fingerprint density at radius 2 is 1.48 bits per heavy atom. The summed E-state index contributed by atoms with van der Waals surface area (Å²) < 4.78 is 5.12. The van der Waals surface area contributed by atoms with E-state index in [0.29, 0.717) is 11.3 Å². The molecule has 0 saturated heterocycles. The molecule has 2 aromatic carbocycles. The number of ketones is 1. The maximum absolute atomic E-state index is 12.7. The Labute approximate surface area is 179 Å². The molecule has 3 amide bonds. The van der Waals surface area contributed by atoms with Gasteiger partial charge in [-0.15, -0.1) is 0 Å². The van der Waals surface area contributed by atoms with Crippen LogP contribution in [0.3, 0.4) is 0 Å². The number of hydrogen-bond donors (Lipinski definition) is 1. The molecule has 1 unspecified atom stereocenters. The summed E-state index contributed by atoms with van der Waals surface area (Å²) in [4.78, 5) is 62.5. The summed E-state index contributed by atoms with van der Waals surface area (Å²) in [5, 5.41) is 2.56. The number of nitrogens with one attached hydrogen (secondary N) is 1. The van der Waals surface area contributed by atoms with Crippen molar-refractivity contribution in [1.82, 2.24) is 4.90 Å². The third-order valence-electron chi connectivity index (χ3n) is 4.90. The van der Waals surface area contributed by atoms with Gasteiger partial charge in [-0.1, -0.05) is 26.0 Å². The summed E-state index contributed by atoms with van der Waals surface area (Å²) in [5.74, 6) is -3.07. The third kappa shape index (κ3) is 4.53. The fourth-order valence-electron chi connectivity index (χ4n) is 3.34. The number of Topliss-reactive ketones (excluding diaryl/α,β-unsaturated/α-hetero) is 1. The summed E-state index contributed by atoms with van der Waals surface area (Å²) in [6.45, 7) is 4.23. The molecule has 0 spiro atoms. The van der Waals surface area contributed by atoms with Crippen LogP contribution >= 0.6 is 0 Å². The second-order valence-corrected chi connectivity index (χ2v) is 7.50. The number of rotatable bonds is 7. The van der Waals surface area contributed by atoms with Crippen molar-refractivity contribution in [2.24, 2.45) is 5.92 Å². The molecule has 0 fully saturated rings. The first-order chi connectivity index (χ1) is 14.7. The SMILES string of the molecule is CC(=O)c1ccc(NC(=O)COC(=O)C(C(C)C)N2C(=O)c3ccccc3C2=O)cc1. The second kappa shape index (κ2) is 8.91. The first kappa shape index (κ1) is 21.9. The number of ether oxygens (including phenoxy) is 1. The van der Waals surface area contributed by atoms with Crippen LogP contribution in [0.25, 0.3) is 0 Å². The lowest BCUT2D eigenvalue weighted by Crippen LogP contribution is -2.49. The minimum absolute atomic E-state index is 0.0975. The van der Waals surface area contributed by atoms with Crippen molar-refractivity contribution in [2.75, 3.05) is 11.9 Å². The van der Waals surface area contributed by atoms with E-state index in [1.807, 2.05) is 0 Å². The topological polar surface area (TPSA) is 110 Å². The molecule has 0 aromatic heterocycles. The van der Waals surface area contributed by atoms with Gasteiger partial charge in [0.15, 0.2) is 12.4 Å². The first-order valence-corrected chi connectivity index (χ1v) is 9.75. The predicted octanol–water partition coefficient (Wildman–Crippen LogP) is 2.69. The van der Waals surface area contributed by atoms with Gasteiger partial charge in [0, 0.05) is 11.3 Å². The summed E-state index contributed by atoms with van der Waals surface area (Å²) in [6, 6.07) is 11.5. The monoisotopic (exact) mass is 422 g/mol. The number of benzene rings is 2. The van der Waals surface area contributed by atoms with Gasteiger partial charge in [-0.3, -0.25) is 24.1 Å². The number of fused-ring (bicyclic) bond motifs is 1. The largest absolute Gasteiger partial charge is 0.454 e. The highest BCUT2D eigenvalue weighted by Crippen LogP contribution is 2.27. The number of amides is 3. The van der Waals surface area contributed by atoms with E-state index >= 15 is 0 Å². The fraction of sp³-hybridized carbons (Fsp3) is 0.261. The Morgan fingerprint density at radius 3 is 1.97 bits per heavy atom. The molecular formula is C23H22N2O6. The van der Waals surface area contributed by atoms with E-state index in [1.54, 1.807) is 50.2 Å². The van der Waals surface area contributed by atoms with Crippen LogP contribution in [0.5, 0.6) is 0 Å². The van der Waals surface area contributed by atoms with Crippen molar-refractivity contribution in [3.05, 3.63) is 65.2 Å². The molecule has 0 bridgehead atoms. The lowest BCUT2D eigenvalue weighted by atomic mass is 10.0. The van der Waals surface area contributed by atoms with Gasteiger partial charge < -0.3 is 10.1 Å². The maximum atomic E-state index is 12.7. The number of anilines is 1. The average Bonchev–Trinajstić information content (AvgIpc) is 2.98. The quantitative estimate of drug-likeness (QED) is 0.417. The molecule has 1 aliphatic rings. The minimum Gasteiger partial charge on any atom is -0.454 e. The third-order valence-corrected chi connectivity index (χ3v) is 4.90. The first-order valence-electron chi connectivity index (χ1n) is 9.75. The Bertz CT molecular complexity index is 1020. The summed E-state index contributed by atoms with van der Waals surface area (Å²) >= 11 is 0. The van der Waals surface area contributed by atoms with Crippen molar-refractivity contribution in [1.29, 1.82) is 0 Å². The van der Waals surface area contributed by atoms with Crippen LogP contribution in [0.15, 0.2) is 48.5 Å². The molecule has 31 heavy (non-hydrogen) atoms. The molecule has 1 N–H and O–H groups in total. The Morgan fingerprint density at radius 1 is 0.935 bits per heavy atom. The van der Waals surface area contributed by atoms with Gasteiger partial charge in [0.2, 0.25) is 0 Å². The Hall–Kier alpha value is -3.81. The molecule has 0 radical (unpaired) electrons. The van der Waals surface area contributed by atoms with E-state index in [0.717, 1.165) is 4.90 Å². The van der Waals surface area contributed by atoms with Crippen LogP contribution in [-0.2, 0) is 14.3 Å². The molecular weight excluding hydrogens is 400 g/mol. The standard InChI is InChI=1S/C23H22N2O6/c1-13(2)20(25-21(28)17-6-4-5-7-18(17)22(25)29)23(30)31-12-19(27)24-16-10-8-15(9-11-16)14(3)26/h4-11,13,20H,12H2,1-3H3,(H,24,27). The van der Waals surface area contributed by atoms with Gasteiger partial charge in [-0.2, -0.15) is 0 Å². The number of hydrogen-bond acceptors (Lipinski definition) is 6. The molecule has 1 heterocycles. The zero-order valence-corrected chi connectivity index (χ0v) is 17.4. The molecule has 8 heteroatoms. The van der Waals surface area contributed by atoms with Crippen LogP contribution < -0.4 is 5.32 Å². The molecule has 3 rings (SSSR count). The Balaban J connectivity index is 1.65. The molecule has 2 aromatic rings. The van der Waals surface area contributed by atoms with Crippen molar-refractivity contribution in [3.8, 4) is 0 Å². The number of esters is 1. The molecule has 160 valence electrons. The number of carbonyl (C=O) groups is 5. The van der Waals surface area contributed by atoms with E-state index in [2.05, 4.69) is 5.32 Å². The lowest BCUT2D eigenvalue weighted by molar-refractivity contribution is -0.152. The number of imide groups is 1. The van der Waals surface area contributed by atoms with Crippen molar-refractivity contribution in [2.45, 2.75) is 26.8 Å². The summed E-state index contributed by atoms with van der Waals surface area (Å²) in [5.41, 5.74) is 1.41. The van der Waals surface area contributed by atoms with Crippen LogP contribution in [0.4, 0.5) is 5.69 Å². The summed E-state index contributed by atoms with van der Waals surface area (Å²) in [7, 11) is 0. The highest BCUT2D eigenvalue weighted by Gasteiger charge is 2.44. The van der Waals surface area contributed by atoms with Crippen LogP contribution in [0.1, 0.15) is 51.8 Å². The number of nitrogens with zero attached hydrogens (tertiary/aromatic N) is 1. The van der Waals surface area contributed by atoms with Crippen molar-refractivity contribution >= 4 is 35.2 Å². The molecule has 8 nitrogen and oxygen atoms in total. The van der Waals surface area contributed by atoms with E-state index in [-0.39, 0.29) is 16.9 Å². The van der Waals surface area contributed by atoms with Gasteiger partial charge in [-0.25, -0.2) is 4.79 Å². The molecule has 0 saturated carbocycles. The smallest absolute Gasteiger partial charge is 0.330 e. The maximum Gasteiger partial charge on any atom is 0.330 e. The van der Waals surface area contributed by atoms with E-state index in [9.17, 15) is 24.0 Å².